The summed E-state index contributed by atoms with van der Waals surface area (Å²) in [6.45, 7) is 7.37. The van der Waals surface area contributed by atoms with Gasteiger partial charge >= 0.3 is 11.9 Å². The number of nitrogens with one attached hydrogen (secondary N) is 2. The standard InChI is InChI=1S/C12H20N2O4/c1-9(2)13-17-11(15)7-5-6-8-12(16)18-14-10(3)4/h5-10,13-14H,1-4H3/q+2/b7-5+,8-6+. The molecule has 0 fully saturated rings. The van der Waals surface area contributed by atoms with E-state index in [-0.39, 0.29) is 12.1 Å². The van der Waals surface area contributed by atoms with Crippen LogP contribution in [0.3, 0.4) is 0 Å². The van der Waals surface area contributed by atoms with Gasteiger partial charge < -0.3 is 0 Å². The maximum absolute atomic E-state index is 11.1. The number of rotatable bonds is 7. The minimum absolute atomic E-state index is 0.0509. The molecule has 6 heteroatoms. The van der Waals surface area contributed by atoms with E-state index in [2.05, 4.69) is 20.6 Å². The Bertz CT molecular complexity index is 290. The van der Waals surface area contributed by atoms with Crippen molar-refractivity contribution in [2.24, 2.45) is 0 Å². The molecular formula is C12H20N2O4+2. The second-order valence-corrected chi connectivity index (χ2v) is 4.11. The molecule has 0 aromatic heterocycles. The molecule has 0 spiro atoms. The van der Waals surface area contributed by atoms with Crippen molar-refractivity contribution < 1.29 is 19.3 Å². The zero-order chi connectivity index (χ0) is 14.0. The monoisotopic (exact) mass is 256 g/mol. The lowest BCUT2D eigenvalue weighted by Gasteiger charge is -1.95. The highest BCUT2D eigenvalue weighted by Crippen LogP contribution is 1.86. The van der Waals surface area contributed by atoms with Gasteiger partial charge in [0.25, 0.3) is 0 Å². The van der Waals surface area contributed by atoms with Gasteiger partial charge in [0.15, 0.2) is 0 Å². The Morgan fingerprint density at radius 3 is 1.44 bits per heavy atom. The Morgan fingerprint density at radius 1 is 0.833 bits per heavy atom. The first-order chi connectivity index (χ1) is 8.41. The highest BCUT2D eigenvalue weighted by molar-refractivity contribution is 5.84. The molecule has 100 valence electrons. The molecule has 0 rings (SSSR count). The Morgan fingerprint density at radius 2 is 1.17 bits per heavy atom. The van der Waals surface area contributed by atoms with Gasteiger partial charge in [-0.05, 0) is 50.8 Å². The first kappa shape index (κ1) is 16.3. The predicted molar refractivity (Wildman–Crippen MR) is 67.0 cm³/mol. The fourth-order valence-corrected chi connectivity index (χ4v) is 0.688. The normalized spacial score (nSPS) is 11.7. The second-order valence-electron chi connectivity index (χ2n) is 4.11. The van der Waals surface area contributed by atoms with Gasteiger partial charge in [-0.3, -0.25) is 0 Å². The average molecular weight is 256 g/mol. The van der Waals surface area contributed by atoms with Crippen molar-refractivity contribution in [3.05, 3.63) is 24.3 Å². The van der Waals surface area contributed by atoms with E-state index >= 15 is 0 Å². The maximum Gasteiger partial charge on any atom is 0.623 e. The van der Waals surface area contributed by atoms with Crippen LogP contribution in [0.5, 0.6) is 0 Å². The van der Waals surface area contributed by atoms with E-state index in [4.69, 9.17) is 0 Å². The van der Waals surface area contributed by atoms with Gasteiger partial charge in [-0.2, -0.15) is 9.68 Å². The molecule has 0 aliphatic heterocycles. The molecule has 0 atom stereocenters. The third-order valence-corrected chi connectivity index (χ3v) is 1.37. The van der Waals surface area contributed by atoms with Gasteiger partial charge in [-0.1, -0.05) is 0 Å². The summed E-state index contributed by atoms with van der Waals surface area (Å²) in [5, 5.41) is 0. The van der Waals surface area contributed by atoms with Crippen molar-refractivity contribution in [2.75, 3.05) is 0 Å². The minimum Gasteiger partial charge on any atom is -0.195 e. The lowest BCUT2D eigenvalue weighted by atomic mass is 10.4. The molecule has 2 radical (unpaired) electrons. The Balaban J connectivity index is 3.85. The minimum atomic E-state index is -0.540. The predicted octanol–water partition coefficient (Wildman–Crippen LogP) is 1.01. The van der Waals surface area contributed by atoms with Crippen molar-refractivity contribution >= 4 is 11.9 Å². The molecule has 0 aliphatic carbocycles. The lowest BCUT2D eigenvalue weighted by Crippen LogP contribution is -2.25. The highest BCUT2D eigenvalue weighted by atomic mass is 16.7. The number of carbonyl (C=O) groups excluding carboxylic acids is 2. The van der Waals surface area contributed by atoms with Gasteiger partial charge in [0.1, 0.15) is 0 Å². The van der Waals surface area contributed by atoms with Gasteiger partial charge in [-0.25, -0.2) is 0 Å². The number of hydrogen-bond donors (Lipinski definition) is 2. The molecule has 18 heavy (non-hydrogen) atoms. The van der Waals surface area contributed by atoms with Crippen LogP contribution in [0.1, 0.15) is 27.7 Å². The first-order valence-electron chi connectivity index (χ1n) is 5.69. The molecule has 0 unspecified atom stereocenters. The van der Waals surface area contributed by atoms with Crippen LogP contribution in [-0.4, -0.2) is 24.0 Å². The molecule has 0 bridgehead atoms. The molecule has 0 saturated carbocycles. The fourth-order valence-electron chi connectivity index (χ4n) is 0.688. The summed E-state index contributed by atoms with van der Waals surface area (Å²) in [6.07, 6.45) is 5.16. The second kappa shape index (κ2) is 9.38. The van der Waals surface area contributed by atoms with Gasteiger partial charge in [0, 0.05) is 0 Å². The quantitative estimate of drug-likeness (QED) is 0.306. The number of allylic oxidation sites excluding steroid dienone is 2. The van der Waals surface area contributed by atoms with Crippen molar-refractivity contribution in [1.82, 2.24) is 11.0 Å². The summed E-state index contributed by atoms with van der Waals surface area (Å²) in [6, 6.07) is 0.102. The molecule has 0 aliphatic rings. The molecule has 0 saturated heterocycles. The Hall–Kier alpha value is -1.66. The van der Waals surface area contributed by atoms with Crippen molar-refractivity contribution in [3.63, 3.8) is 0 Å². The van der Waals surface area contributed by atoms with Crippen LogP contribution >= 0.6 is 0 Å². The molecule has 0 aromatic rings. The van der Waals surface area contributed by atoms with E-state index in [0.29, 0.717) is 0 Å². The third kappa shape index (κ3) is 10.8. The largest absolute Gasteiger partial charge is 0.623 e. The van der Waals surface area contributed by atoms with Crippen LogP contribution in [0.4, 0.5) is 0 Å². The topological polar surface area (TPSA) is 82.3 Å². The van der Waals surface area contributed by atoms with Crippen LogP contribution in [0.2, 0.25) is 0 Å². The van der Waals surface area contributed by atoms with Crippen molar-refractivity contribution in [3.8, 4) is 0 Å². The number of hydrogen-bond acceptors (Lipinski definition) is 6. The SMILES string of the molecule is CC(C)NOC(=[O+])/C=C/C=C/C(=[O+])ONC(C)C. The van der Waals surface area contributed by atoms with E-state index in [1.165, 1.54) is 24.3 Å². The van der Waals surface area contributed by atoms with E-state index in [1.807, 2.05) is 27.7 Å². The van der Waals surface area contributed by atoms with Crippen molar-refractivity contribution in [2.45, 2.75) is 39.8 Å². The Kier molecular flexibility index (Phi) is 8.51. The summed E-state index contributed by atoms with van der Waals surface area (Å²) < 4.78 is 0. The first-order valence-corrected chi connectivity index (χ1v) is 5.69. The van der Waals surface area contributed by atoms with Crippen LogP contribution in [-0.2, 0) is 19.3 Å². The average Bonchev–Trinajstić information content (AvgIpc) is 2.29. The molecule has 6 nitrogen and oxygen atoms in total. The van der Waals surface area contributed by atoms with Gasteiger partial charge in [0.2, 0.25) is 0 Å². The fraction of sp³-hybridized carbons (Fsp3) is 0.500. The van der Waals surface area contributed by atoms with E-state index in [9.17, 15) is 9.59 Å². The third-order valence-electron chi connectivity index (χ3n) is 1.37. The molecule has 0 amide bonds. The molecule has 0 heterocycles. The van der Waals surface area contributed by atoms with Crippen LogP contribution in [0, 0.1) is 0 Å². The zero-order valence-corrected chi connectivity index (χ0v) is 11.1. The lowest BCUT2D eigenvalue weighted by molar-refractivity contribution is -0.147. The van der Waals surface area contributed by atoms with Gasteiger partial charge in [0.05, 0.1) is 33.8 Å². The van der Waals surface area contributed by atoms with Crippen molar-refractivity contribution in [1.29, 1.82) is 0 Å². The zero-order valence-electron chi connectivity index (χ0n) is 11.1. The van der Waals surface area contributed by atoms with Crippen LogP contribution in [0.15, 0.2) is 24.3 Å². The summed E-state index contributed by atoms with van der Waals surface area (Å²) in [5.41, 5.74) is 5.00. The summed E-state index contributed by atoms with van der Waals surface area (Å²) in [5.74, 6) is -1.08. The summed E-state index contributed by atoms with van der Waals surface area (Å²) >= 11 is 0. The maximum atomic E-state index is 11.1. The van der Waals surface area contributed by atoms with E-state index in [1.54, 1.807) is 0 Å². The number of hydroxylamine groups is 2. The smallest absolute Gasteiger partial charge is 0.195 e. The van der Waals surface area contributed by atoms with E-state index in [0.717, 1.165) is 0 Å². The van der Waals surface area contributed by atoms with Crippen LogP contribution in [0.25, 0.3) is 0 Å². The van der Waals surface area contributed by atoms with Gasteiger partial charge in [-0.15, -0.1) is 0 Å². The molecule has 0 aromatic carbocycles. The Labute approximate surface area is 107 Å². The summed E-state index contributed by atoms with van der Waals surface area (Å²) in [4.78, 5) is 31.4. The molecule has 2 N–H and O–H groups in total. The van der Waals surface area contributed by atoms with E-state index < -0.39 is 11.9 Å². The van der Waals surface area contributed by atoms with Crippen LogP contribution < -0.4 is 11.0 Å². The summed E-state index contributed by atoms with van der Waals surface area (Å²) in [7, 11) is 0. The molecular weight excluding hydrogens is 236 g/mol. The number of carbonyl (C=O) groups is 2. The highest BCUT2D eigenvalue weighted by Gasteiger charge is 2.14.